The number of aromatic amines is 1. The third-order valence-corrected chi connectivity index (χ3v) is 4.40. The Hall–Kier alpha value is -3.20. The van der Waals surface area contributed by atoms with Crippen LogP contribution in [0.1, 0.15) is 0 Å². The van der Waals surface area contributed by atoms with Crippen LogP contribution in [0.2, 0.25) is 0 Å². The molecule has 108 valence electrons. The summed E-state index contributed by atoms with van der Waals surface area (Å²) in [6.07, 6.45) is 0. The van der Waals surface area contributed by atoms with E-state index in [0.29, 0.717) is 0 Å². The van der Waals surface area contributed by atoms with E-state index in [1.54, 1.807) is 0 Å². The highest BCUT2D eigenvalue weighted by Crippen LogP contribution is 2.35. The molecule has 0 fully saturated rings. The van der Waals surface area contributed by atoms with E-state index in [1.165, 1.54) is 27.1 Å². The number of rotatable bonds is 1. The molecule has 0 aliphatic rings. The number of hydrogen-bond acceptors (Lipinski definition) is 2. The topological polar surface area (TPSA) is 41.6 Å². The van der Waals surface area contributed by atoms with Crippen LogP contribution in [0.15, 0.2) is 72.8 Å². The van der Waals surface area contributed by atoms with Gasteiger partial charge >= 0.3 is 0 Å². The number of aromatic nitrogens is 3. The highest BCUT2D eigenvalue weighted by molar-refractivity contribution is 6.14. The molecule has 0 atom stereocenters. The van der Waals surface area contributed by atoms with Crippen LogP contribution >= 0.6 is 0 Å². The summed E-state index contributed by atoms with van der Waals surface area (Å²) in [5.41, 5.74) is 4.16. The Morgan fingerprint density at radius 3 is 2.26 bits per heavy atom. The molecule has 1 heterocycles. The van der Waals surface area contributed by atoms with Gasteiger partial charge in [-0.2, -0.15) is 15.4 Å². The molecule has 3 nitrogen and oxygen atoms in total. The number of H-pyrrole nitrogens is 1. The van der Waals surface area contributed by atoms with Crippen molar-refractivity contribution in [1.29, 1.82) is 0 Å². The minimum absolute atomic E-state index is 0.888. The second-order valence-electron chi connectivity index (χ2n) is 5.72. The van der Waals surface area contributed by atoms with Gasteiger partial charge in [-0.1, -0.05) is 54.6 Å². The van der Waals surface area contributed by atoms with Crippen molar-refractivity contribution in [1.82, 2.24) is 15.4 Å². The summed E-state index contributed by atoms with van der Waals surface area (Å²) in [7, 11) is 0. The monoisotopic (exact) mass is 295 g/mol. The smallest absolute Gasteiger partial charge is 0.113 e. The average Bonchev–Trinajstić information content (AvgIpc) is 3.09. The fraction of sp³-hybridized carbons (Fsp3) is 0. The van der Waals surface area contributed by atoms with Crippen LogP contribution in [-0.4, -0.2) is 15.4 Å². The van der Waals surface area contributed by atoms with Crippen LogP contribution in [-0.2, 0) is 0 Å². The van der Waals surface area contributed by atoms with Gasteiger partial charge in [-0.3, -0.25) is 0 Å². The molecule has 1 N–H and O–H groups in total. The number of hydrogen-bond donors (Lipinski definition) is 1. The van der Waals surface area contributed by atoms with E-state index in [9.17, 15) is 0 Å². The van der Waals surface area contributed by atoms with Gasteiger partial charge < -0.3 is 0 Å². The van der Waals surface area contributed by atoms with Gasteiger partial charge in [-0.25, -0.2) is 0 Å². The SMILES string of the molecule is c1ccc2c(c1)cc(-c1ccc3n[nH]nc3c1)c1ccccc12. The molecule has 0 aliphatic carbocycles. The molecule has 3 heteroatoms. The van der Waals surface area contributed by atoms with Gasteiger partial charge in [0, 0.05) is 0 Å². The summed E-state index contributed by atoms with van der Waals surface area (Å²) in [5.74, 6) is 0. The molecule has 0 aliphatic heterocycles. The van der Waals surface area contributed by atoms with E-state index >= 15 is 0 Å². The van der Waals surface area contributed by atoms with Crippen LogP contribution < -0.4 is 0 Å². The average molecular weight is 295 g/mol. The fourth-order valence-corrected chi connectivity index (χ4v) is 3.30. The Morgan fingerprint density at radius 1 is 0.609 bits per heavy atom. The second kappa shape index (κ2) is 4.65. The molecule has 23 heavy (non-hydrogen) atoms. The van der Waals surface area contributed by atoms with Crippen molar-refractivity contribution in [2.45, 2.75) is 0 Å². The first-order valence-corrected chi connectivity index (χ1v) is 7.61. The third kappa shape index (κ3) is 1.83. The highest BCUT2D eigenvalue weighted by atomic mass is 15.3. The molecule has 0 unspecified atom stereocenters. The molecule has 1 aromatic heterocycles. The number of nitrogens with one attached hydrogen (secondary N) is 1. The maximum atomic E-state index is 4.21. The summed E-state index contributed by atoms with van der Waals surface area (Å²) >= 11 is 0. The molecule has 0 amide bonds. The lowest BCUT2D eigenvalue weighted by molar-refractivity contribution is 0.959. The molecule has 4 aromatic carbocycles. The van der Waals surface area contributed by atoms with Gasteiger partial charge in [-0.05, 0) is 50.9 Å². The quantitative estimate of drug-likeness (QED) is 0.445. The molecule has 5 rings (SSSR count). The first-order valence-electron chi connectivity index (χ1n) is 7.61. The standard InChI is InChI=1S/C20H13N3/c1-2-6-15-13(5-1)11-18(17-8-4-3-7-16(15)17)14-9-10-19-20(12-14)22-23-21-19/h1-12H,(H,21,22,23). The summed E-state index contributed by atoms with van der Waals surface area (Å²) in [6, 6.07) is 25.6. The van der Waals surface area contributed by atoms with Crippen molar-refractivity contribution in [3.8, 4) is 11.1 Å². The lowest BCUT2D eigenvalue weighted by atomic mass is 9.93. The Labute approximate surface area is 132 Å². The minimum atomic E-state index is 0.888. The Bertz CT molecular complexity index is 1170. The summed E-state index contributed by atoms with van der Waals surface area (Å²) < 4.78 is 0. The predicted molar refractivity (Wildman–Crippen MR) is 94.3 cm³/mol. The zero-order chi connectivity index (χ0) is 15.2. The molecular weight excluding hydrogens is 282 g/mol. The number of benzene rings is 4. The van der Waals surface area contributed by atoms with E-state index in [2.05, 4.69) is 82.1 Å². The van der Waals surface area contributed by atoms with E-state index in [1.807, 2.05) is 6.07 Å². The Balaban J connectivity index is 1.91. The molecule has 0 bridgehead atoms. The van der Waals surface area contributed by atoms with Gasteiger partial charge in [0.15, 0.2) is 0 Å². The van der Waals surface area contributed by atoms with Crippen molar-refractivity contribution >= 4 is 32.6 Å². The second-order valence-corrected chi connectivity index (χ2v) is 5.72. The maximum Gasteiger partial charge on any atom is 0.113 e. The van der Waals surface area contributed by atoms with E-state index in [0.717, 1.165) is 16.6 Å². The van der Waals surface area contributed by atoms with E-state index < -0.39 is 0 Å². The third-order valence-electron chi connectivity index (χ3n) is 4.40. The normalized spacial score (nSPS) is 11.5. The molecule has 0 spiro atoms. The molecule has 0 saturated heterocycles. The highest BCUT2D eigenvalue weighted by Gasteiger charge is 2.09. The van der Waals surface area contributed by atoms with E-state index in [4.69, 9.17) is 0 Å². The fourth-order valence-electron chi connectivity index (χ4n) is 3.30. The first-order chi connectivity index (χ1) is 11.4. The van der Waals surface area contributed by atoms with Crippen molar-refractivity contribution in [2.75, 3.05) is 0 Å². The van der Waals surface area contributed by atoms with Gasteiger partial charge in [0.05, 0.1) is 0 Å². The summed E-state index contributed by atoms with van der Waals surface area (Å²) in [6.45, 7) is 0. The lowest BCUT2D eigenvalue weighted by Gasteiger charge is -2.10. The Kier molecular flexibility index (Phi) is 2.50. The van der Waals surface area contributed by atoms with E-state index in [-0.39, 0.29) is 0 Å². The maximum absolute atomic E-state index is 4.21. The lowest BCUT2D eigenvalue weighted by Crippen LogP contribution is -1.84. The largest absolute Gasteiger partial charge is 0.197 e. The molecule has 0 radical (unpaired) electrons. The number of nitrogens with zero attached hydrogens (tertiary/aromatic N) is 2. The zero-order valence-corrected chi connectivity index (χ0v) is 12.3. The molecule has 0 saturated carbocycles. The van der Waals surface area contributed by atoms with Gasteiger partial charge in [0.2, 0.25) is 0 Å². The Morgan fingerprint density at radius 2 is 1.35 bits per heavy atom. The minimum Gasteiger partial charge on any atom is -0.197 e. The van der Waals surface area contributed by atoms with Crippen LogP contribution in [0, 0.1) is 0 Å². The van der Waals surface area contributed by atoms with Gasteiger partial charge in [-0.15, -0.1) is 0 Å². The van der Waals surface area contributed by atoms with Crippen molar-refractivity contribution in [3.05, 3.63) is 72.8 Å². The summed E-state index contributed by atoms with van der Waals surface area (Å²) in [4.78, 5) is 0. The van der Waals surface area contributed by atoms with Crippen molar-refractivity contribution < 1.29 is 0 Å². The number of fused-ring (bicyclic) bond motifs is 4. The predicted octanol–water partition coefficient (Wildman–Crippen LogP) is 4.93. The zero-order valence-electron chi connectivity index (χ0n) is 12.3. The van der Waals surface area contributed by atoms with Crippen molar-refractivity contribution in [2.24, 2.45) is 0 Å². The van der Waals surface area contributed by atoms with Gasteiger partial charge in [0.25, 0.3) is 0 Å². The van der Waals surface area contributed by atoms with Crippen LogP contribution in [0.4, 0.5) is 0 Å². The molecule has 5 aromatic rings. The van der Waals surface area contributed by atoms with Crippen LogP contribution in [0.25, 0.3) is 43.7 Å². The van der Waals surface area contributed by atoms with Crippen molar-refractivity contribution in [3.63, 3.8) is 0 Å². The first kappa shape index (κ1) is 12.4. The summed E-state index contributed by atoms with van der Waals surface area (Å²) in [5, 5.41) is 16.1. The molecular formula is C20H13N3. The van der Waals surface area contributed by atoms with Crippen LogP contribution in [0.5, 0.6) is 0 Å². The van der Waals surface area contributed by atoms with Gasteiger partial charge in [0.1, 0.15) is 11.0 Å². The van der Waals surface area contributed by atoms with Crippen LogP contribution in [0.3, 0.4) is 0 Å².